The van der Waals surface area contributed by atoms with Gasteiger partial charge < -0.3 is 38.5 Å². The van der Waals surface area contributed by atoms with Gasteiger partial charge in [0.1, 0.15) is 11.5 Å². The van der Waals surface area contributed by atoms with Gasteiger partial charge >= 0.3 is 12.7 Å². The first kappa shape index (κ1) is 53.1. The van der Waals surface area contributed by atoms with Gasteiger partial charge in [0.25, 0.3) is 11.8 Å². The molecule has 0 amide bonds. The molecule has 0 spiro atoms. The van der Waals surface area contributed by atoms with E-state index in [0.29, 0.717) is 34.0 Å². The Balaban J connectivity index is 0.000000174. The van der Waals surface area contributed by atoms with Crippen LogP contribution < -0.4 is 19.7 Å². The van der Waals surface area contributed by atoms with Crippen LogP contribution in [-0.4, -0.2) is 119 Å². The number of benzene rings is 4. The number of piperazine rings is 2. The zero-order chi connectivity index (χ0) is 51.7. The number of hydrogen-bond donors (Lipinski definition) is 1. The van der Waals surface area contributed by atoms with E-state index in [2.05, 4.69) is 109 Å². The first-order valence-corrected chi connectivity index (χ1v) is 25.3. The van der Waals surface area contributed by atoms with Crippen molar-refractivity contribution in [3.05, 3.63) is 134 Å². The highest BCUT2D eigenvalue weighted by molar-refractivity contribution is 9.10. The van der Waals surface area contributed by atoms with Crippen molar-refractivity contribution in [1.82, 2.24) is 45.4 Å². The Hall–Kier alpha value is -6.24. The fourth-order valence-electron chi connectivity index (χ4n) is 7.57. The lowest BCUT2D eigenvalue weighted by molar-refractivity contribution is -0.275. The number of nitrogens with zero attached hydrogens (tertiary/aromatic N) is 9. The van der Waals surface area contributed by atoms with Gasteiger partial charge in [0.2, 0.25) is 11.6 Å². The standard InChI is InChI=1S/C25H24F3N5O2S.C20H13BrF3N3O2S.C5H12N2/c1-16-21(15-17-4-3-5-19(14-17)33-12-10-32(2)11-13-33)29-24(36-16)23-30-22(31-35-23)18-6-8-20(9-7-18)34-25(26,27)28;1-11-16(10-12-3-2-4-14(21)9-12)25-19(30-11)18-26-17(27-29-18)13-5-7-15(8-6-13)28-20(22,23)24;1-7-4-2-6-3-5-7/h3-9,14H,10-13,15H2,1-2H3;2-9H,10H2,1H3;6H,2-5H2,1H3. The van der Waals surface area contributed by atoms with Crippen molar-refractivity contribution in [1.29, 1.82) is 0 Å². The third-order valence-electron chi connectivity index (χ3n) is 11.4. The van der Waals surface area contributed by atoms with E-state index >= 15 is 0 Å². The summed E-state index contributed by atoms with van der Waals surface area (Å²) in [6.45, 7) is 12.9. The van der Waals surface area contributed by atoms with Gasteiger partial charge in [-0.25, -0.2) is 9.97 Å². The van der Waals surface area contributed by atoms with E-state index in [1.54, 1.807) is 0 Å². The average Bonchev–Trinajstić information content (AvgIpc) is 4.18. The minimum absolute atomic E-state index is 0.255. The number of ether oxygens (including phenoxy) is 2. The van der Waals surface area contributed by atoms with Crippen LogP contribution in [0.5, 0.6) is 11.5 Å². The normalized spacial score (nSPS) is 14.5. The Bertz CT molecular complexity index is 3040. The lowest BCUT2D eigenvalue weighted by Crippen LogP contribution is -2.44. The molecule has 4 aromatic carbocycles. The van der Waals surface area contributed by atoms with E-state index in [9.17, 15) is 26.3 Å². The van der Waals surface area contributed by atoms with Crippen LogP contribution in [0.2, 0.25) is 0 Å². The highest BCUT2D eigenvalue weighted by atomic mass is 79.9. The van der Waals surface area contributed by atoms with Crippen LogP contribution in [0.25, 0.3) is 44.6 Å². The molecule has 2 saturated heterocycles. The quantitative estimate of drug-likeness (QED) is 0.123. The zero-order valence-electron chi connectivity index (χ0n) is 39.9. The fourth-order valence-corrected chi connectivity index (χ4v) is 9.72. The maximum atomic E-state index is 12.4. The van der Waals surface area contributed by atoms with Crippen LogP contribution in [-0.2, 0) is 12.8 Å². The predicted octanol–water partition coefficient (Wildman–Crippen LogP) is 11.4. The van der Waals surface area contributed by atoms with E-state index in [1.165, 1.54) is 95.5 Å². The molecule has 2 aliphatic heterocycles. The highest BCUT2D eigenvalue weighted by Crippen LogP contribution is 2.33. The van der Waals surface area contributed by atoms with E-state index in [1.807, 2.05) is 38.1 Å². The molecule has 0 aliphatic carbocycles. The molecule has 73 heavy (non-hydrogen) atoms. The second kappa shape index (κ2) is 23.7. The Morgan fingerprint density at radius 3 is 1.48 bits per heavy atom. The van der Waals surface area contributed by atoms with E-state index in [0.717, 1.165) is 70.4 Å². The van der Waals surface area contributed by atoms with Gasteiger partial charge in [-0.15, -0.1) is 49.0 Å². The van der Waals surface area contributed by atoms with E-state index in [-0.39, 0.29) is 34.9 Å². The number of anilines is 1. The number of likely N-dealkylation sites (N-methyl/N-ethyl adjacent to an activating group) is 2. The summed E-state index contributed by atoms with van der Waals surface area (Å²) >= 11 is 6.38. The third kappa shape index (κ3) is 15.4. The van der Waals surface area contributed by atoms with Crippen LogP contribution in [0, 0.1) is 13.8 Å². The smallest absolute Gasteiger partial charge is 0.406 e. The monoisotopic (exact) mass is 1110 g/mol. The minimum Gasteiger partial charge on any atom is -0.406 e. The van der Waals surface area contributed by atoms with E-state index in [4.69, 9.17) is 14.0 Å². The van der Waals surface area contributed by atoms with Gasteiger partial charge in [0, 0.05) is 96.2 Å². The lowest BCUT2D eigenvalue weighted by Gasteiger charge is -2.34. The number of thiazole rings is 2. The van der Waals surface area contributed by atoms with Crippen LogP contribution >= 0.6 is 38.6 Å². The summed E-state index contributed by atoms with van der Waals surface area (Å²) in [5, 5.41) is 12.3. The van der Waals surface area contributed by atoms with Crippen molar-refractivity contribution < 1.29 is 44.9 Å². The summed E-state index contributed by atoms with van der Waals surface area (Å²) in [4.78, 5) is 27.3. The number of nitrogens with one attached hydrogen (secondary N) is 1. The molecule has 2 aliphatic rings. The Morgan fingerprint density at radius 2 is 1.04 bits per heavy atom. The summed E-state index contributed by atoms with van der Waals surface area (Å²) in [7, 11) is 4.30. The van der Waals surface area contributed by atoms with E-state index < -0.39 is 12.7 Å². The molecule has 0 unspecified atom stereocenters. The average molecular weight is 1110 g/mol. The highest BCUT2D eigenvalue weighted by Gasteiger charge is 2.32. The molecule has 10 rings (SSSR count). The summed E-state index contributed by atoms with van der Waals surface area (Å²) < 4.78 is 93.5. The second-order valence-electron chi connectivity index (χ2n) is 17.0. The summed E-state index contributed by atoms with van der Waals surface area (Å²) in [5.74, 6) is 0.415. The first-order valence-electron chi connectivity index (χ1n) is 22.9. The van der Waals surface area contributed by atoms with Crippen LogP contribution in [0.3, 0.4) is 0 Å². The van der Waals surface area contributed by atoms with Gasteiger partial charge in [0.15, 0.2) is 10.0 Å². The molecule has 0 radical (unpaired) electrons. The van der Waals surface area contributed by atoms with Crippen molar-refractivity contribution in [2.75, 3.05) is 71.4 Å². The first-order chi connectivity index (χ1) is 34.9. The van der Waals surface area contributed by atoms with Gasteiger partial charge in [-0.1, -0.05) is 50.5 Å². The minimum atomic E-state index is -4.74. The molecule has 6 heterocycles. The third-order valence-corrected chi connectivity index (χ3v) is 13.9. The number of halogens is 7. The molecule has 14 nitrogen and oxygen atoms in total. The number of aryl methyl sites for hydroxylation is 2. The molecule has 0 saturated carbocycles. The Morgan fingerprint density at radius 1 is 0.589 bits per heavy atom. The fraction of sp³-hybridized carbons (Fsp3) is 0.320. The predicted molar refractivity (Wildman–Crippen MR) is 271 cm³/mol. The Kier molecular flexibility index (Phi) is 17.3. The molecular formula is C50H49BrF6N10O4S2. The van der Waals surface area contributed by atoms with Crippen molar-refractivity contribution in [3.8, 4) is 56.1 Å². The van der Waals surface area contributed by atoms with Crippen LogP contribution in [0.1, 0.15) is 32.3 Å². The van der Waals surface area contributed by atoms with Gasteiger partial charge in [-0.2, -0.15) is 9.97 Å². The molecular weight excluding hydrogens is 1060 g/mol. The van der Waals surface area contributed by atoms with Gasteiger partial charge in [-0.3, -0.25) is 0 Å². The van der Waals surface area contributed by atoms with Crippen molar-refractivity contribution in [2.45, 2.75) is 39.4 Å². The van der Waals surface area contributed by atoms with Crippen LogP contribution in [0.4, 0.5) is 32.0 Å². The SMILES string of the molecule is CN1CCNCC1.Cc1sc(-c2nc(-c3ccc(OC(F)(F)F)cc3)no2)nc1Cc1cccc(Br)c1.Cc1sc(-c2nc(-c3ccc(OC(F)(F)F)cc3)no2)nc1Cc1cccc(N2CCN(C)CC2)c1. The maximum Gasteiger partial charge on any atom is 0.573 e. The largest absolute Gasteiger partial charge is 0.573 e. The number of hydrogen-bond acceptors (Lipinski definition) is 16. The molecule has 8 aromatic rings. The lowest BCUT2D eigenvalue weighted by atomic mass is 10.1. The summed E-state index contributed by atoms with van der Waals surface area (Å²) in [6.07, 6.45) is -8.13. The van der Waals surface area contributed by atoms with Crippen molar-refractivity contribution in [2.24, 2.45) is 0 Å². The maximum absolute atomic E-state index is 12.4. The summed E-state index contributed by atoms with van der Waals surface area (Å²) in [5.41, 5.74) is 6.40. The van der Waals surface area contributed by atoms with Crippen molar-refractivity contribution >= 4 is 44.3 Å². The topological polar surface area (TPSA) is 144 Å². The van der Waals surface area contributed by atoms with Gasteiger partial charge in [0.05, 0.1) is 11.4 Å². The second-order valence-corrected chi connectivity index (χ2v) is 20.4. The molecule has 0 bridgehead atoms. The molecule has 1 N–H and O–H groups in total. The molecule has 2 fully saturated rings. The number of rotatable bonds is 11. The number of aromatic nitrogens is 6. The molecule has 0 atom stereocenters. The summed E-state index contributed by atoms with van der Waals surface area (Å²) in [6, 6.07) is 27.1. The Labute approximate surface area is 433 Å². The number of alkyl halides is 6. The molecule has 23 heteroatoms. The van der Waals surface area contributed by atoms with Gasteiger partial charge in [-0.05, 0) is 112 Å². The van der Waals surface area contributed by atoms with Crippen molar-refractivity contribution in [3.63, 3.8) is 0 Å². The zero-order valence-corrected chi connectivity index (χ0v) is 43.1. The van der Waals surface area contributed by atoms with Crippen LogP contribution in [0.15, 0.2) is 111 Å². The molecule has 4 aromatic heterocycles. The molecule has 384 valence electrons.